The highest BCUT2D eigenvalue weighted by Gasteiger charge is 2.70. The van der Waals surface area contributed by atoms with Crippen LogP contribution >= 0.6 is 0 Å². The van der Waals surface area contributed by atoms with Crippen LogP contribution in [0, 0.1) is 27.9 Å². The number of carbonyl (C=O) groups is 2. The Morgan fingerprint density at radius 1 is 0.974 bits per heavy atom. The first-order valence-corrected chi connectivity index (χ1v) is 12.8. The molecule has 3 aliphatic heterocycles. The second-order valence-electron chi connectivity index (χ2n) is 10.6. The summed E-state index contributed by atoms with van der Waals surface area (Å²) >= 11 is 0. The van der Waals surface area contributed by atoms with E-state index in [1.165, 1.54) is 24.3 Å². The average molecular weight is 522 g/mol. The van der Waals surface area contributed by atoms with Crippen molar-refractivity contribution < 1.29 is 14.5 Å². The molecule has 2 amide bonds. The van der Waals surface area contributed by atoms with Crippen LogP contribution in [0.1, 0.15) is 25.2 Å². The van der Waals surface area contributed by atoms with E-state index < -0.39 is 40.2 Å². The Labute approximate surface area is 222 Å². The highest BCUT2D eigenvalue weighted by molar-refractivity contribution is 6.23. The van der Waals surface area contributed by atoms with E-state index >= 15 is 0 Å². The lowest BCUT2D eigenvalue weighted by Gasteiger charge is -2.32. The lowest BCUT2D eigenvalue weighted by atomic mass is 9.75. The normalized spacial score (nSPS) is 25.0. The number of hydrogen-bond acceptors (Lipinski definition) is 7. The Morgan fingerprint density at radius 3 is 2.49 bits per heavy atom. The van der Waals surface area contributed by atoms with Gasteiger partial charge in [-0.15, -0.1) is 0 Å². The van der Waals surface area contributed by atoms with Crippen molar-refractivity contribution in [3.8, 4) is 5.69 Å². The second kappa shape index (κ2) is 7.90. The van der Waals surface area contributed by atoms with E-state index in [1.54, 1.807) is 28.8 Å². The summed E-state index contributed by atoms with van der Waals surface area (Å²) in [5.74, 6) is -2.27. The monoisotopic (exact) mass is 521 g/mol. The lowest BCUT2D eigenvalue weighted by molar-refractivity contribution is -0.384. The van der Waals surface area contributed by atoms with Crippen molar-refractivity contribution in [2.75, 3.05) is 4.90 Å². The number of non-ortho nitro benzene ring substituents is 1. The molecule has 10 heteroatoms. The molecule has 0 radical (unpaired) electrons. The van der Waals surface area contributed by atoms with Gasteiger partial charge in [-0.05, 0) is 30.2 Å². The number of rotatable bonds is 3. The number of imide groups is 1. The molecule has 0 saturated carbocycles. The molecule has 10 nitrogen and oxygen atoms in total. The molecule has 1 aromatic heterocycles. The van der Waals surface area contributed by atoms with Crippen molar-refractivity contribution in [1.82, 2.24) is 14.9 Å². The molecule has 4 atom stereocenters. The number of fused-ring (bicyclic) bond motifs is 8. The minimum Gasteiger partial charge on any atom is -0.296 e. The van der Waals surface area contributed by atoms with Gasteiger partial charge in [-0.2, -0.15) is 0 Å². The van der Waals surface area contributed by atoms with Crippen LogP contribution in [-0.4, -0.2) is 32.3 Å². The van der Waals surface area contributed by atoms with Gasteiger partial charge in [0, 0.05) is 23.7 Å². The van der Waals surface area contributed by atoms with Gasteiger partial charge >= 0.3 is 0 Å². The first kappa shape index (κ1) is 23.4. The highest BCUT2D eigenvalue weighted by Crippen LogP contribution is 2.56. The molecule has 39 heavy (non-hydrogen) atoms. The highest BCUT2D eigenvalue weighted by atomic mass is 16.6. The number of hydrogen-bond donors (Lipinski definition) is 1. The molecule has 0 aliphatic carbocycles. The van der Waals surface area contributed by atoms with Gasteiger partial charge in [0.2, 0.25) is 11.8 Å². The summed E-state index contributed by atoms with van der Waals surface area (Å²) in [4.78, 5) is 59.1. The summed E-state index contributed by atoms with van der Waals surface area (Å²) in [5.41, 5.74) is 0.251. The van der Waals surface area contributed by atoms with E-state index in [0.29, 0.717) is 28.0 Å². The number of aromatic nitrogens is 2. The lowest BCUT2D eigenvalue weighted by Crippen LogP contribution is -2.51. The van der Waals surface area contributed by atoms with E-state index in [1.807, 2.05) is 38.1 Å². The van der Waals surface area contributed by atoms with Gasteiger partial charge in [-0.3, -0.25) is 34.4 Å². The fourth-order valence-corrected chi connectivity index (χ4v) is 6.72. The second-order valence-corrected chi connectivity index (χ2v) is 10.6. The van der Waals surface area contributed by atoms with Crippen molar-refractivity contribution in [3.05, 3.63) is 105 Å². The Bertz CT molecular complexity index is 1810. The quantitative estimate of drug-likeness (QED) is 0.249. The zero-order valence-corrected chi connectivity index (χ0v) is 21.1. The molecule has 1 N–H and O–H groups in total. The van der Waals surface area contributed by atoms with Crippen LogP contribution in [0.25, 0.3) is 16.6 Å². The number of anilines is 1. The summed E-state index contributed by atoms with van der Waals surface area (Å²) in [7, 11) is 0. The van der Waals surface area contributed by atoms with E-state index in [4.69, 9.17) is 4.98 Å². The molecule has 0 bridgehead atoms. The maximum Gasteiger partial charge on any atom is 0.271 e. The predicted molar refractivity (Wildman–Crippen MR) is 142 cm³/mol. The number of nitro benzene ring substituents is 1. The molecule has 3 aromatic carbocycles. The fourth-order valence-electron chi connectivity index (χ4n) is 6.72. The molecular weight excluding hydrogens is 498 g/mol. The van der Waals surface area contributed by atoms with Gasteiger partial charge in [-0.25, -0.2) is 9.88 Å². The zero-order chi connectivity index (χ0) is 27.2. The molecule has 2 saturated heterocycles. The smallest absolute Gasteiger partial charge is 0.271 e. The number of carbonyl (C=O) groups excluding carboxylic acids is 2. The summed E-state index contributed by atoms with van der Waals surface area (Å²) in [6.07, 6.45) is 0. The van der Waals surface area contributed by atoms with Crippen molar-refractivity contribution in [1.29, 1.82) is 0 Å². The molecule has 4 aromatic rings. The van der Waals surface area contributed by atoms with Crippen molar-refractivity contribution >= 4 is 34.1 Å². The van der Waals surface area contributed by atoms with E-state index in [2.05, 4.69) is 5.32 Å². The minimum atomic E-state index is -1.25. The number of amides is 2. The van der Waals surface area contributed by atoms with Crippen LogP contribution in [0.15, 0.2) is 77.6 Å². The molecule has 194 valence electrons. The molecule has 0 unspecified atom stereocenters. The van der Waals surface area contributed by atoms with Crippen molar-refractivity contribution in [3.63, 3.8) is 0 Å². The van der Waals surface area contributed by atoms with Crippen LogP contribution < -0.4 is 15.8 Å². The van der Waals surface area contributed by atoms with Gasteiger partial charge in [-0.1, -0.05) is 50.2 Å². The van der Waals surface area contributed by atoms with E-state index in [9.17, 15) is 24.5 Å². The maximum absolute atomic E-state index is 14.4. The molecule has 2 fully saturated rings. The van der Waals surface area contributed by atoms with E-state index in [0.717, 1.165) is 4.90 Å². The van der Waals surface area contributed by atoms with E-state index in [-0.39, 0.29) is 22.9 Å². The van der Waals surface area contributed by atoms with Gasteiger partial charge in [0.25, 0.3) is 11.2 Å². The van der Waals surface area contributed by atoms with Crippen LogP contribution in [0.4, 0.5) is 11.4 Å². The van der Waals surface area contributed by atoms with Crippen molar-refractivity contribution in [2.45, 2.75) is 25.4 Å². The third kappa shape index (κ3) is 2.89. The number of para-hydroxylation sites is 2. The number of nitrogens with one attached hydrogen (secondary N) is 1. The van der Waals surface area contributed by atoms with Crippen LogP contribution in [0.2, 0.25) is 0 Å². The Balaban J connectivity index is 1.51. The maximum atomic E-state index is 14.4. The summed E-state index contributed by atoms with van der Waals surface area (Å²) < 4.78 is 1.55. The number of nitrogens with zero attached hydrogens (tertiary/aromatic N) is 4. The summed E-state index contributed by atoms with van der Waals surface area (Å²) in [6.45, 7) is 3.95. The predicted octanol–water partition coefficient (Wildman–Crippen LogP) is 3.28. The minimum absolute atomic E-state index is 0.0490. The molecule has 1 spiro atoms. The zero-order valence-electron chi connectivity index (χ0n) is 21.1. The summed E-state index contributed by atoms with van der Waals surface area (Å²) in [6, 6.07) is 19.6. The van der Waals surface area contributed by atoms with Gasteiger partial charge in [0.1, 0.15) is 11.4 Å². The Morgan fingerprint density at radius 2 is 1.72 bits per heavy atom. The third-order valence-corrected chi connectivity index (χ3v) is 8.31. The number of benzene rings is 3. The molecular formula is C29H23N5O5. The molecule has 4 heterocycles. The van der Waals surface area contributed by atoms with Gasteiger partial charge in [0.05, 0.1) is 39.0 Å². The topological polar surface area (TPSA) is 127 Å². The van der Waals surface area contributed by atoms with Crippen LogP contribution in [0.3, 0.4) is 0 Å². The molecule has 7 rings (SSSR count). The molecule has 3 aliphatic rings. The SMILES string of the molecule is CC(C)[C@@H]1N[C@]2(c3ccccc3-n3c2nc2ccccc2c3=O)[C@@H]2C(=O)N(c3cccc([N+](=O)[O-])c3)C(=O)[C@@H]21. The third-order valence-electron chi connectivity index (χ3n) is 8.31. The van der Waals surface area contributed by atoms with Crippen molar-refractivity contribution in [2.24, 2.45) is 17.8 Å². The summed E-state index contributed by atoms with van der Waals surface area (Å²) in [5, 5.41) is 15.5. The van der Waals surface area contributed by atoms with Gasteiger partial charge < -0.3 is 0 Å². The fraction of sp³-hybridized carbons (Fsp3) is 0.241. The Hall–Kier alpha value is -4.70. The first-order valence-electron chi connectivity index (χ1n) is 12.8. The van der Waals surface area contributed by atoms with Crippen LogP contribution in [-0.2, 0) is 15.1 Å². The number of nitro groups is 1. The average Bonchev–Trinajstić information content (AvgIpc) is 3.52. The largest absolute Gasteiger partial charge is 0.296 e. The Kier molecular flexibility index (Phi) is 4.75. The van der Waals surface area contributed by atoms with Gasteiger partial charge in [0.15, 0.2) is 0 Å². The van der Waals surface area contributed by atoms with Crippen LogP contribution in [0.5, 0.6) is 0 Å². The standard InChI is InChI=1S/C29H23N5O5/c1-15(2)24-22-23(27(37)32(26(22)36)16-8-7-9-17(14-16)34(38)39)29(31-24)19-11-4-6-13-21(19)33-25(35)18-10-3-5-12-20(18)30-28(29)33/h3-15,22-24,31H,1-2H3/t22-,23-,24-,29+/m0/s1. The first-order chi connectivity index (χ1) is 18.8.